The summed E-state index contributed by atoms with van der Waals surface area (Å²) >= 11 is 6.10. The van der Waals surface area contributed by atoms with Crippen LogP contribution in [0.2, 0.25) is 5.02 Å². The van der Waals surface area contributed by atoms with Gasteiger partial charge < -0.3 is 15.8 Å². The quantitative estimate of drug-likeness (QED) is 0.820. The van der Waals surface area contributed by atoms with Gasteiger partial charge in [0.25, 0.3) is 0 Å². The van der Waals surface area contributed by atoms with Crippen molar-refractivity contribution in [2.45, 2.75) is 19.4 Å². The van der Waals surface area contributed by atoms with E-state index in [4.69, 9.17) is 22.1 Å². The van der Waals surface area contributed by atoms with Crippen LogP contribution in [-0.4, -0.2) is 25.2 Å². The van der Waals surface area contributed by atoms with Gasteiger partial charge in [-0.1, -0.05) is 23.4 Å². The van der Waals surface area contributed by atoms with Crippen molar-refractivity contribution >= 4 is 23.2 Å². The Hall–Kier alpha value is -1.54. The van der Waals surface area contributed by atoms with Gasteiger partial charge in [-0.2, -0.15) is 0 Å². The summed E-state index contributed by atoms with van der Waals surface area (Å²) in [5.74, 6) is 5.48. The molecule has 1 heterocycles. The maximum absolute atomic E-state index is 12.2. The lowest BCUT2D eigenvalue weighted by atomic mass is 10.0. The van der Waals surface area contributed by atoms with Gasteiger partial charge >= 0.3 is 0 Å². The first-order chi connectivity index (χ1) is 9.61. The number of nitrogens with two attached hydrogens (primary N) is 1. The molecule has 0 aromatic heterocycles. The smallest absolute Gasteiger partial charge is 0.230 e. The number of anilines is 1. The van der Waals surface area contributed by atoms with Crippen LogP contribution in [-0.2, 0) is 9.53 Å². The van der Waals surface area contributed by atoms with Crippen molar-refractivity contribution in [1.82, 2.24) is 0 Å². The summed E-state index contributed by atoms with van der Waals surface area (Å²) in [6.45, 7) is 2.82. The summed E-state index contributed by atoms with van der Waals surface area (Å²) < 4.78 is 5.40. The van der Waals surface area contributed by atoms with Gasteiger partial charge in [-0.05, 0) is 31.5 Å². The molecule has 1 amide bonds. The van der Waals surface area contributed by atoms with Crippen LogP contribution in [0, 0.1) is 17.8 Å². The molecular weight excluding hydrogens is 276 g/mol. The minimum atomic E-state index is -0.134. The van der Waals surface area contributed by atoms with E-state index in [9.17, 15) is 4.79 Å². The van der Waals surface area contributed by atoms with E-state index in [2.05, 4.69) is 17.2 Å². The minimum absolute atomic E-state index is 0.0611. The van der Waals surface area contributed by atoms with E-state index in [1.807, 2.05) is 6.92 Å². The Kier molecular flexibility index (Phi) is 5.02. The van der Waals surface area contributed by atoms with Gasteiger partial charge in [0.1, 0.15) is 0 Å². The zero-order chi connectivity index (χ0) is 14.5. The lowest BCUT2D eigenvalue weighted by Gasteiger charge is -2.15. The molecule has 0 radical (unpaired) electrons. The average molecular weight is 293 g/mol. The monoisotopic (exact) mass is 292 g/mol. The fourth-order valence-electron chi connectivity index (χ4n) is 2.15. The minimum Gasteiger partial charge on any atom is -0.378 e. The largest absolute Gasteiger partial charge is 0.378 e. The molecule has 20 heavy (non-hydrogen) atoms. The Bertz CT molecular complexity index is 563. The maximum Gasteiger partial charge on any atom is 0.230 e. The molecule has 3 N–H and O–H groups in total. The third-order valence-corrected chi connectivity index (χ3v) is 3.60. The van der Waals surface area contributed by atoms with Crippen LogP contribution in [0.1, 0.15) is 18.9 Å². The van der Waals surface area contributed by atoms with Crippen LogP contribution in [0.4, 0.5) is 5.69 Å². The van der Waals surface area contributed by atoms with Crippen LogP contribution in [0.3, 0.4) is 0 Å². The molecular formula is C15H17ClN2O2. The van der Waals surface area contributed by atoms with E-state index in [0.717, 1.165) is 12.0 Å². The van der Waals surface area contributed by atoms with Gasteiger partial charge in [0.2, 0.25) is 5.91 Å². The normalized spacial score (nSPS) is 21.1. The number of benzene rings is 1. The Morgan fingerprint density at radius 1 is 1.60 bits per heavy atom. The van der Waals surface area contributed by atoms with Crippen molar-refractivity contribution in [3.63, 3.8) is 0 Å². The van der Waals surface area contributed by atoms with Crippen molar-refractivity contribution in [2.75, 3.05) is 18.5 Å². The van der Waals surface area contributed by atoms with E-state index in [1.165, 1.54) is 0 Å². The fraction of sp³-hybridized carbons (Fsp3) is 0.400. The second kappa shape index (κ2) is 6.76. The van der Waals surface area contributed by atoms with Gasteiger partial charge in [-0.15, -0.1) is 0 Å². The first kappa shape index (κ1) is 14.9. The van der Waals surface area contributed by atoms with Gasteiger partial charge in [-0.3, -0.25) is 4.79 Å². The van der Waals surface area contributed by atoms with Crippen molar-refractivity contribution < 1.29 is 9.53 Å². The molecule has 0 bridgehead atoms. The van der Waals surface area contributed by atoms with E-state index in [-0.39, 0.29) is 17.9 Å². The number of amides is 1. The molecule has 0 saturated carbocycles. The van der Waals surface area contributed by atoms with Crippen molar-refractivity contribution in [3.8, 4) is 11.8 Å². The van der Waals surface area contributed by atoms with Crippen LogP contribution >= 0.6 is 11.6 Å². The van der Waals surface area contributed by atoms with Crippen LogP contribution < -0.4 is 11.1 Å². The van der Waals surface area contributed by atoms with Crippen LogP contribution in [0.25, 0.3) is 0 Å². The first-order valence-electron chi connectivity index (χ1n) is 6.52. The predicted octanol–water partition coefficient (Wildman–Crippen LogP) is 2.01. The second-order valence-electron chi connectivity index (χ2n) is 4.66. The summed E-state index contributed by atoms with van der Waals surface area (Å²) in [6, 6.07) is 5.26. The highest BCUT2D eigenvalue weighted by Crippen LogP contribution is 2.26. The first-order valence-corrected chi connectivity index (χ1v) is 6.90. The van der Waals surface area contributed by atoms with Crippen molar-refractivity contribution in [3.05, 3.63) is 28.8 Å². The molecule has 106 valence electrons. The van der Waals surface area contributed by atoms with Crippen LogP contribution in [0.15, 0.2) is 18.2 Å². The molecule has 1 aromatic rings. The third-order valence-electron chi connectivity index (χ3n) is 3.27. The highest BCUT2D eigenvalue weighted by Gasteiger charge is 2.30. The highest BCUT2D eigenvalue weighted by molar-refractivity contribution is 6.33. The maximum atomic E-state index is 12.2. The molecule has 5 heteroatoms. The van der Waals surface area contributed by atoms with Gasteiger partial charge in [0.15, 0.2) is 0 Å². The van der Waals surface area contributed by atoms with Crippen molar-refractivity contribution in [1.29, 1.82) is 0 Å². The molecule has 0 spiro atoms. The Morgan fingerprint density at radius 3 is 3.05 bits per heavy atom. The molecule has 2 rings (SSSR count). The number of carbonyl (C=O) groups is 1. The molecule has 4 nitrogen and oxygen atoms in total. The number of hydrogen-bond donors (Lipinski definition) is 2. The Labute approximate surface area is 123 Å². The van der Waals surface area contributed by atoms with Gasteiger partial charge in [0, 0.05) is 12.2 Å². The molecule has 1 fully saturated rings. The van der Waals surface area contributed by atoms with Gasteiger partial charge in [-0.25, -0.2) is 0 Å². The number of rotatable bonds is 2. The number of ether oxygens (including phenoxy) is 1. The summed E-state index contributed by atoms with van der Waals surface area (Å²) in [7, 11) is 0. The lowest BCUT2D eigenvalue weighted by Crippen LogP contribution is -2.27. The van der Waals surface area contributed by atoms with E-state index in [0.29, 0.717) is 23.9 Å². The fourth-order valence-corrected chi connectivity index (χ4v) is 2.32. The van der Waals surface area contributed by atoms with E-state index >= 15 is 0 Å². The standard InChI is InChI=1S/C15H17ClN2O2/c1-10-12(6-8-20-10)15(19)18-14-9-11(3-2-7-17)4-5-13(14)16/h4-5,9-10,12H,6-8,17H2,1H3,(H,18,19). The zero-order valence-corrected chi connectivity index (χ0v) is 12.0. The number of carbonyl (C=O) groups excluding carboxylic acids is 1. The Morgan fingerprint density at radius 2 is 2.40 bits per heavy atom. The van der Waals surface area contributed by atoms with E-state index in [1.54, 1.807) is 18.2 Å². The topological polar surface area (TPSA) is 64.3 Å². The molecule has 1 aromatic carbocycles. The molecule has 2 atom stereocenters. The predicted molar refractivity (Wildman–Crippen MR) is 79.5 cm³/mol. The number of hydrogen-bond acceptors (Lipinski definition) is 3. The van der Waals surface area contributed by atoms with Crippen LogP contribution in [0.5, 0.6) is 0 Å². The zero-order valence-electron chi connectivity index (χ0n) is 11.3. The number of halogens is 1. The summed E-state index contributed by atoms with van der Waals surface area (Å²) in [4.78, 5) is 12.2. The lowest BCUT2D eigenvalue weighted by molar-refractivity contribution is -0.121. The second-order valence-corrected chi connectivity index (χ2v) is 5.07. The van der Waals surface area contributed by atoms with Crippen molar-refractivity contribution in [2.24, 2.45) is 11.7 Å². The van der Waals surface area contributed by atoms with Gasteiger partial charge in [0.05, 0.1) is 29.3 Å². The third kappa shape index (κ3) is 3.51. The Balaban J connectivity index is 2.13. The summed E-state index contributed by atoms with van der Waals surface area (Å²) in [5, 5.41) is 3.34. The number of nitrogens with one attached hydrogen (secondary N) is 1. The molecule has 1 aliphatic rings. The summed E-state index contributed by atoms with van der Waals surface area (Å²) in [5.41, 5.74) is 6.68. The molecule has 1 saturated heterocycles. The highest BCUT2D eigenvalue weighted by atomic mass is 35.5. The molecule has 1 aliphatic heterocycles. The SMILES string of the molecule is CC1OCCC1C(=O)Nc1cc(C#CCN)ccc1Cl. The average Bonchev–Trinajstić information content (AvgIpc) is 2.86. The van der Waals surface area contributed by atoms with E-state index < -0.39 is 0 Å². The molecule has 2 unspecified atom stereocenters. The summed E-state index contributed by atoms with van der Waals surface area (Å²) in [6.07, 6.45) is 0.672. The molecule has 0 aliphatic carbocycles.